The van der Waals surface area contributed by atoms with Gasteiger partial charge in [0.05, 0.1) is 6.61 Å². The van der Waals surface area contributed by atoms with Crippen molar-refractivity contribution in [2.75, 3.05) is 26.8 Å². The van der Waals surface area contributed by atoms with Crippen LogP contribution in [0.5, 0.6) is 0 Å². The Balaban J connectivity index is 3.79. The average Bonchev–Trinajstić information content (AvgIpc) is 2.05. The van der Waals surface area contributed by atoms with Crippen LogP contribution in [0.4, 0.5) is 0 Å². The zero-order valence-electron chi connectivity index (χ0n) is 9.13. The molecule has 0 radical (unpaired) electrons. The molecule has 0 heterocycles. The summed E-state index contributed by atoms with van der Waals surface area (Å²) in [7, 11) is 1.76. The fraction of sp³-hybridized carbons (Fsp3) is 1.00. The highest BCUT2D eigenvalue weighted by Gasteiger charge is 2.14. The lowest BCUT2D eigenvalue weighted by molar-refractivity contribution is 0.112. The molecule has 0 saturated carbocycles. The molecule has 2 nitrogen and oxygen atoms in total. The lowest BCUT2D eigenvalue weighted by atomic mass is 10.1. The number of likely N-dealkylation sites (N-methyl/N-ethyl adjacent to an activating group) is 1. The molecule has 0 aromatic carbocycles. The van der Waals surface area contributed by atoms with E-state index in [9.17, 15) is 0 Å². The summed E-state index contributed by atoms with van der Waals surface area (Å²) in [5.74, 6) is 0.724. The van der Waals surface area contributed by atoms with Gasteiger partial charge in [-0.2, -0.15) is 0 Å². The van der Waals surface area contributed by atoms with Crippen molar-refractivity contribution >= 4 is 0 Å². The first kappa shape index (κ1) is 11.9. The van der Waals surface area contributed by atoms with E-state index in [1.807, 2.05) is 0 Å². The first-order chi connectivity index (χ1) is 5.63. The summed E-state index contributed by atoms with van der Waals surface area (Å²) in [6.45, 7) is 12.0. The van der Waals surface area contributed by atoms with Crippen molar-refractivity contribution in [1.82, 2.24) is 4.90 Å². The van der Waals surface area contributed by atoms with Crippen molar-refractivity contribution in [2.24, 2.45) is 5.92 Å². The van der Waals surface area contributed by atoms with Crippen LogP contribution < -0.4 is 0 Å². The highest BCUT2D eigenvalue weighted by atomic mass is 16.5. The maximum Gasteiger partial charge on any atom is 0.0589 e. The normalized spacial score (nSPS) is 14.2. The predicted molar refractivity (Wildman–Crippen MR) is 53.4 cm³/mol. The summed E-state index contributed by atoms with van der Waals surface area (Å²) in [5, 5.41) is 0. The van der Waals surface area contributed by atoms with Crippen molar-refractivity contribution in [3.63, 3.8) is 0 Å². The molecule has 0 bridgehead atoms. The Morgan fingerprint density at radius 2 is 1.83 bits per heavy atom. The van der Waals surface area contributed by atoms with E-state index >= 15 is 0 Å². The molecular formula is C10H23NO. The van der Waals surface area contributed by atoms with Gasteiger partial charge in [0.1, 0.15) is 0 Å². The van der Waals surface area contributed by atoms with E-state index in [-0.39, 0.29) is 0 Å². The van der Waals surface area contributed by atoms with Gasteiger partial charge in [-0.05, 0) is 19.4 Å². The maximum atomic E-state index is 5.06. The van der Waals surface area contributed by atoms with E-state index in [2.05, 4.69) is 32.6 Å². The number of hydrogen-bond acceptors (Lipinski definition) is 2. The molecule has 1 unspecified atom stereocenters. The summed E-state index contributed by atoms with van der Waals surface area (Å²) in [6.07, 6.45) is 0. The maximum absolute atomic E-state index is 5.06. The van der Waals surface area contributed by atoms with Gasteiger partial charge in [0, 0.05) is 19.7 Å². The van der Waals surface area contributed by atoms with Gasteiger partial charge in [0.15, 0.2) is 0 Å². The Bertz CT molecular complexity index is 104. The third-order valence-electron chi connectivity index (χ3n) is 2.53. The van der Waals surface area contributed by atoms with Crippen LogP contribution in [0.1, 0.15) is 27.7 Å². The Labute approximate surface area is 76.9 Å². The van der Waals surface area contributed by atoms with Crippen LogP contribution in [0, 0.1) is 5.92 Å². The van der Waals surface area contributed by atoms with Crippen molar-refractivity contribution in [3.05, 3.63) is 0 Å². The molecule has 12 heavy (non-hydrogen) atoms. The standard InChI is InChI=1S/C10H23NO/c1-6-11(7-8-12-5)10(4)9(2)3/h9-10H,6-8H2,1-5H3. The summed E-state index contributed by atoms with van der Waals surface area (Å²) in [6, 6.07) is 0.658. The topological polar surface area (TPSA) is 12.5 Å². The van der Waals surface area contributed by atoms with E-state index in [1.54, 1.807) is 7.11 Å². The smallest absolute Gasteiger partial charge is 0.0589 e. The van der Waals surface area contributed by atoms with Crippen LogP contribution in [-0.4, -0.2) is 37.7 Å². The van der Waals surface area contributed by atoms with Gasteiger partial charge in [-0.3, -0.25) is 4.90 Å². The van der Waals surface area contributed by atoms with Gasteiger partial charge in [0.2, 0.25) is 0 Å². The van der Waals surface area contributed by atoms with Crippen molar-refractivity contribution < 1.29 is 4.74 Å². The van der Waals surface area contributed by atoms with Gasteiger partial charge in [-0.1, -0.05) is 20.8 Å². The van der Waals surface area contributed by atoms with Gasteiger partial charge >= 0.3 is 0 Å². The molecule has 1 atom stereocenters. The third-order valence-corrected chi connectivity index (χ3v) is 2.53. The Morgan fingerprint density at radius 3 is 2.17 bits per heavy atom. The number of nitrogens with zero attached hydrogens (tertiary/aromatic N) is 1. The van der Waals surface area contributed by atoms with Crippen LogP contribution in [0.25, 0.3) is 0 Å². The van der Waals surface area contributed by atoms with E-state index < -0.39 is 0 Å². The average molecular weight is 173 g/mol. The quantitative estimate of drug-likeness (QED) is 0.609. The molecule has 0 spiro atoms. The monoisotopic (exact) mass is 173 g/mol. The molecule has 0 saturated heterocycles. The SMILES string of the molecule is CCN(CCOC)C(C)C(C)C. The molecule has 0 aromatic rings. The molecule has 2 heteroatoms. The third kappa shape index (κ3) is 4.07. The molecular weight excluding hydrogens is 150 g/mol. The number of methoxy groups -OCH3 is 1. The summed E-state index contributed by atoms with van der Waals surface area (Å²) in [4.78, 5) is 2.45. The van der Waals surface area contributed by atoms with Crippen LogP contribution in [0.2, 0.25) is 0 Å². The van der Waals surface area contributed by atoms with E-state index in [0.717, 1.165) is 25.6 Å². The summed E-state index contributed by atoms with van der Waals surface area (Å²) in [5.41, 5.74) is 0. The van der Waals surface area contributed by atoms with Crippen molar-refractivity contribution in [1.29, 1.82) is 0 Å². The van der Waals surface area contributed by atoms with E-state index in [1.165, 1.54) is 0 Å². The first-order valence-corrected chi connectivity index (χ1v) is 4.86. The largest absolute Gasteiger partial charge is 0.383 e. The van der Waals surface area contributed by atoms with Gasteiger partial charge in [-0.25, -0.2) is 0 Å². The second-order valence-corrected chi connectivity index (χ2v) is 3.61. The molecule has 0 aliphatic heterocycles. The molecule has 0 aromatic heterocycles. The molecule has 0 rings (SSSR count). The molecule has 0 aliphatic carbocycles. The zero-order valence-corrected chi connectivity index (χ0v) is 9.13. The Hall–Kier alpha value is -0.0800. The minimum Gasteiger partial charge on any atom is -0.383 e. The van der Waals surface area contributed by atoms with Crippen molar-refractivity contribution in [3.8, 4) is 0 Å². The number of hydrogen-bond donors (Lipinski definition) is 0. The van der Waals surface area contributed by atoms with Gasteiger partial charge in [0.25, 0.3) is 0 Å². The lowest BCUT2D eigenvalue weighted by Gasteiger charge is -2.30. The predicted octanol–water partition coefficient (Wildman–Crippen LogP) is 2.00. The van der Waals surface area contributed by atoms with Crippen LogP contribution in [-0.2, 0) is 4.74 Å². The van der Waals surface area contributed by atoms with Crippen LogP contribution in [0.3, 0.4) is 0 Å². The van der Waals surface area contributed by atoms with E-state index in [4.69, 9.17) is 4.74 Å². The highest BCUT2D eigenvalue weighted by molar-refractivity contribution is 4.68. The first-order valence-electron chi connectivity index (χ1n) is 4.86. The minimum absolute atomic E-state index is 0.658. The lowest BCUT2D eigenvalue weighted by Crippen LogP contribution is -2.38. The highest BCUT2D eigenvalue weighted by Crippen LogP contribution is 2.08. The van der Waals surface area contributed by atoms with Crippen LogP contribution in [0.15, 0.2) is 0 Å². The molecule has 0 fully saturated rings. The molecule has 0 N–H and O–H groups in total. The molecule has 0 amide bonds. The zero-order chi connectivity index (χ0) is 9.56. The molecule has 74 valence electrons. The van der Waals surface area contributed by atoms with Crippen LogP contribution >= 0.6 is 0 Å². The van der Waals surface area contributed by atoms with Gasteiger partial charge in [-0.15, -0.1) is 0 Å². The Kier molecular flexibility index (Phi) is 6.39. The number of ether oxygens (including phenoxy) is 1. The molecule has 0 aliphatic rings. The van der Waals surface area contributed by atoms with Crippen molar-refractivity contribution in [2.45, 2.75) is 33.7 Å². The fourth-order valence-electron chi connectivity index (χ4n) is 1.28. The minimum atomic E-state index is 0.658. The van der Waals surface area contributed by atoms with Gasteiger partial charge < -0.3 is 4.74 Å². The summed E-state index contributed by atoms with van der Waals surface area (Å²) < 4.78 is 5.06. The second-order valence-electron chi connectivity index (χ2n) is 3.61. The fourth-order valence-corrected chi connectivity index (χ4v) is 1.28. The Morgan fingerprint density at radius 1 is 1.25 bits per heavy atom. The van der Waals surface area contributed by atoms with E-state index in [0.29, 0.717) is 6.04 Å². The second kappa shape index (κ2) is 6.44. The number of rotatable bonds is 6. The summed E-state index contributed by atoms with van der Waals surface area (Å²) >= 11 is 0.